The molecule has 1 aromatic heterocycles. The maximum Gasteiger partial charge on any atom is 0.173 e. The molecule has 33 heavy (non-hydrogen) atoms. The van der Waals surface area contributed by atoms with E-state index in [2.05, 4.69) is 66.4 Å². The van der Waals surface area contributed by atoms with Crippen LogP contribution in [-0.4, -0.2) is 65.5 Å². The van der Waals surface area contributed by atoms with E-state index in [1.807, 2.05) is 12.1 Å². The van der Waals surface area contributed by atoms with Crippen LogP contribution in [-0.2, 0) is 0 Å². The first-order valence-corrected chi connectivity index (χ1v) is 11.8. The van der Waals surface area contributed by atoms with Crippen molar-refractivity contribution in [3.05, 3.63) is 59.9 Å². The summed E-state index contributed by atoms with van der Waals surface area (Å²) in [5.41, 5.74) is 2.31. The second-order valence-corrected chi connectivity index (χ2v) is 8.76. The third kappa shape index (κ3) is 4.27. The van der Waals surface area contributed by atoms with E-state index >= 15 is 0 Å². The fraction of sp³-hybridized carbons (Fsp3) is 0.480. The van der Waals surface area contributed by atoms with Gasteiger partial charge in [0.1, 0.15) is 6.04 Å². The molecular formula is C25H32N6O2. The first-order chi connectivity index (χ1) is 16.3. The summed E-state index contributed by atoms with van der Waals surface area (Å²) in [5.74, 6) is 2.36. The fourth-order valence-corrected chi connectivity index (χ4v) is 5.29. The molecule has 1 aliphatic carbocycles. The molecular weight excluding hydrogens is 416 g/mol. The number of anilines is 1. The minimum absolute atomic E-state index is 0.108. The van der Waals surface area contributed by atoms with Crippen LogP contribution in [0.15, 0.2) is 48.5 Å². The molecule has 1 saturated heterocycles. The molecule has 3 aromatic rings. The molecule has 1 atom stereocenters. The molecule has 2 aromatic carbocycles. The highest BCUT2D eigenvalue weighted by atomic mass is 16.5. The van der Waals surface area contributed by atoms with Crippen molar-refractivity contribution in [1.82, 2.24) is 25.1 Å². The van der Waals surface area contributed by atoms with Gasteiger partial charge in [-0.05, 0) is 41.5 Å². The van der Waals surface area contributed by atoms with Gasteiger partial charge in [0.25, 0.3) is 0 Å². The van der Waals surface area contributed by atoms with Gasteiger partial charge in [0.2, 0.25) is 0 Å². The van der Waals surface area contributed by atoms with E-state index in [-0.39, 0.29) is 6.04 Å². The van der Waals surface area contributed by atoms with Crippen LogP contribution < -0.4 is 14.4 Å². The monoisotopic (exact) mass is 448 g/mol. The molecule has 8 nitrogen and oxygen atoms in total. The van der Waals surface area contributed by atoms with Crippen LogP contribution in [0.25, 0.3) is 0 Å². The zero-order valence-corrected chi connectivity index (χ0v) is 19.4. The van der Waals surface area contributed by atoms with Crippen LogP contribution >= 0.6 is 0 Å². The Kier molecular flexibility index (Phi) is 6.44. The predicted octanol–water partition coefficient (Wildman–Crippen LogP) is 3.72. The van der Waals surface area contributed by atoms with E-state index in [0.717, 1.165) is 61.9 Å². The molecule has 2 heterocycles. The minimum Gasteiger partial charge on any atom is -0.493 e. The lowest BCUT2D eigenvalue weighted by atomic mass is 10.0. The summed E-state index contributed by atoms with van der Waals surface area (Å²) in [6.07, 6.45) is 4.71. The summed E-state index contributed by atoms with van der Waals surface area (Å²) in [4.78, 5) is 4.92. The molecule has 0 spiro atoms. The highest BCUT2D eigenvalue weighted by Gasteiger charge is 2.35. The lowest BCUT2D eigenvalue weighted by molar-refractivity contribution is 0.193. The maximum absolute atomic E-state index is 5.85. The number of benzene rings is 2. The van der Waals surface area contributed by atoms with Crippen molar-refractivity contribution >= 4 is 5.69 Å². The smallest absolute Gasteiger partial charge is 0.173 e. The van der Waals surface area contributed by atoms with Crippen LogP contribution in [0.4, 0.5) is 5.69 Å². The Bertz CT molecular complexity index is 1040. The lowest BCUT2D eigenvalue weighted by Gasteiger charge is -2.40. The summed E-state index contributed by atoms with van der Waals surface area (Å²) < 4.78 is 13.5. The molecule has 1 saturated carbocycles. The van der Waals surface area contributed by atoms with Gasteiger partial charge >= 0.3 is 0 Å². The number of para-hydroxylation sites is 2. The summed E-state index contributed by atoms with van der Waals surface area (Å²) in [6, 6.07) is 16.9. The van der Waals surface area contributed by atoms with E-state index in [4.69, 9.17) is 9.47 Å². The maximum atomic E-state index is 5.85. The van der Waals surface area contributed by atoms with Crippen LogP contribution in [0.2, 0.25) is 0 Å². The summed E-state index contributed by atoms with van der Waals surface area (Å²) in [7, 11) is 3.38. The van der Waals surface area contributed by atoms with Crippen LogP contribution in [0.1, 0.15) is 49.2 Å². The number of nitrogens with zero attached hydrogens (tertiary/aromatic N) is 6. The minimum atomic E-state index is -0.108. The average molecular weight is 449 g/mol. The number of hydrogen-bond acceptors (Lipinski definition) is 7. The Morgan fingerprint density at radius 1 is 0.879 bits per heavy atom. The Morgan fingerprint density at radius 2 is 1.64 bits per heavy atom. The van der Waals surface area contributed by atoms with Gasteiger partial charge in [0.15, 0.2) is 17.3 Å². The quantitative estimate of drug-likeness (QED) is 0.546. The first kappa shape index (κ1) is 21.7. The third-order valence-electron chi connectivity index (χ3n) is 6.96. The Hall–Kier alpha value is -3.13. The second kappa shape index (κ2) is 9.79. The van der Waals surface area contributed by atoms with Crippen molar-refractivity contribution < 1.29 is 9.47 Å². The Morgan fingerprint density at radius 3 is 2.33 bits per heavy atom. The van der Waals surface area contributed by atoms with Gasteiger partial charge in [0.05, 0.1) is 20.3 Å². The van der Waals surface area contributed by atoms with Gasteiger partial charge in [-0.3, -0.25) is 4.90 Å². The molecule has 5 rings (SSSR count). The van der Waals surface area contributed by atoms with Crippen molar-refractivity contribution in [3.63, 3.8) is 0 Å². The summed E-state index contributed by atoms with van der Waals surface area (Å²) in [5, 5.41) is 13.1. The second-order valence-electron chi connectivity index (χ2n) is 8.76. The van der Waals surface area contributed by atoms with Crippen molar-refractivity contribution in [1.29, 1.82) is 0 Å². The number of tetrazole rings is 1. The number of methoxy groups -OCH3 is 2. The SMILES string of the molecule is COc1cccc(C(c2nnnn2C2CCCC2)N2CCN(c3ccccc3)CC2)c1OC. The topological polar surface area (TPSA) is 68.5 Å². The number of ether oxygens (including phenoxy) is 2. The molecule has 0 radical (unpaired) electrons. The van der Waals surface area contributed by atoms with Crippen molar-refractivity contribution in [2.75, 3.05) is 45.3 Å². The van der Waals surface area contributed by atoms with Crippen LogP contribution in [0.5, 0.6) is 11.5 Å². The molecule has 1 unspecified atom stereocenters. The van der Waals surface area contributed by atoms with Gasteiger partial charge in [-0.25, -0.2) is 4.68 Å². The molecule has 174 valence electrons. The van der Waals surface area contributed by atoms with E-state index in [1.54, 1.807) is 14.2 Å². The molecule has 1 aliphatic heterocycles. The third-order valence-corrected chi connectivity index (χ3v) is 6.96. The molecule has 8 heteroatoms. The van der Waals surface area contributed by atoms with Crippen LogP contribution in [0, 0.1) is 0 Å². The highest BCUT2D eigenvalue weighted by Crippen LogP contribution is 2.41. The zero-order chi connectivity index (χ0) is 22.6. The van der Waals surface area contributed by atoms with Crippen molar-refractivity contribution in [2.24, 2.45) is 0 Å². The molecule has 0 N–H and O–H groups in total. The zero-order valence-electron chi connectivity index (χ0n) is 19.4. The van der Waals surface area contributed by atoms with Gasteiger partial charge in [-0.15, -0.1) is 5.10 Å². The van der Waals surface area contributed by atoms with E-state index in [9.17, 15) is 0 Å². The van der Waals surface area contributed by atoms with Gasteiger partial charge in [-0.1, -0.05) is 43.2 Å². The Labute approximate surface area is 195 Å². The largest absolute Gasteiger partial charge is 0.493 e. The Balaban J connectivity index is 1.51. The molecule has 0 amide bonds. The van der Waals surface area contributed by atoms with Gasteiger partial charge in [0, 0.05) is 37.4 Å². The lowest BCUT2D eigenvalue weighted by Crippen LogP contribution is -2.48. The van der Waals surface area contributed by atoms with Gasteiger partial charge in [-0.2, -0.15) is 0 Å². The standard InChI is InChI=1S/C25H32N6O2/c1-32-22-14-8-13-21(24(22)33-2)23(25-26-27-28-31(25)20-11-6-7-12-20)30-17-15-29(16-18-30)19-9-4-3-5-10-19/h3-5,8-10,13-14,20,23H,6-7,11-12,15-18H2,1-2H3. The number of aromatic nitrogens is 4. The van der Waals surface area contributed by atoms with Gasteiger partial charge < -0.3 is 14.4 Å². The predicted molar refractivity (Wildman–Crippen MR) is 127 cm³/mol. The highest BCUT2D eigenvalue weighted by molar-refractivity contribution is 5.50. The fourth-order valence-electron chi connectivity index (χ4n) is 5.29. The molecule has 2 aliphatic rings. The van der Waals surface area contributed by atoms with Crippen molar-refractivity contribution in [3.8, 4) is 11.5 Å². The summed E-state index contributed by atoms with van der Waals surface area (Å²) >= 11 is 0. The van der Waals surface area contributed by atoms with Crippen LogP contribution in [0.3, 0.4) is 0 Å². The molecule has 0 bridgehead atoms. The number of piperazine rings is 1. The molecule has 2 fully saturated rings. The van der Waals surface area contributed by atoms with E-state index < -0.39 is 0 Å². The average Bonchev–Trinajstić information content (AvgIpc) is 3.57. The van der Waals surface area contributed by atoms with E-state index in [1.165, 1.54) is 18.5 Å². The van der Waals surface area contributed by atoms with Crippen molar-refractivity contribution in [2.45, 2.75) is 37.8 Å². The van der Waals surface area contributed by atoms with E-state index in [0.29, 0.717) is 6.04 Å². The summed E-state index contributed by atoms with van der Waals surface area (Å²) in [6.45, 7) is 3.69. The number of hydrogen-bond donors (Lipinski definition) is 0. The normalized spacial score (nSPS) is 18.4. The number of rotatable bonds is 7. The first-order valence-electron chi connectivity index (χ1n) is 11.8.